The zero-order valence-electron chi connectivity index (χ0n) is 22.4. The summed E-state index contributed by atoms with van der Waals surface area (Å²) in [4.78, 5) is 32.6. The highest BCUT2D eigenvalue weighted by Crippen LogP contribution is 2.40. The number of alkyl halides is 3. The molecule has 4 N–H and O–H groups in total. The molecule has 16 heteroatoms. The molecular weight excluding hydrogens is 595 g/mol. The number of hydrogen-bond donors (Lipinski definition) is 3. The normalized spacial score (nSPS) is 13.7. The average molecular weight is 618 g/mol. The van der Waals surface area contributed by atoms with Crippen LogP contribution in [0.3, 0.4) is 0 Å². The number of benzene rings is 1. The summed E-state index contributed by atoms with van der Waals surface area (Å²) in [6.45, 7) is 3.20. The summed E-state index contributed by atoms with van der Waals surface area (Å²) in [5.41, 5.74) is 7.54. The molecule has 0 spiro atoms. The van der Waals surface area contributed by atoms with Gasteiger partial charge in [-0.3, -0.25) is 4.79 Å². The number of fused-ring (bicyclic) bond motifs is 1. The predicted octanol–water partition coefficient (Wildman–Crippen LogP) is 4.62. The van der Waals surface area contributed by atoms with Crippen LogP contribution >= 0.6 is 11.6 Å². The molecule has 1 aliphatic rings. The van der Waals surface area contributed by atoms with Crippen LogP contribution in [0.25, 0.3) is 16.8 Å². The van der Waals surface area contributed by atoms with Crippen molar-refractivity contribution in [2.45, 2.75) is 24.6 Å². The second-order valence-electron chi connectivity index (χ2n) is 9.57. The summed E-state index contributed by atoms with van der Waals surface area (Å²) in [6.07, 6.45) is 0.884. The molecular formula is C27H23ClF3N7O5. The second-order valence-corrected chi connectivity index (χ2v) is 9.98. The molecule has 0 unspecified atom stereocenters. The molecule has 0 radical (unpaired) electrons. The fourth-order valence-corrected chi connectivity index (χ4v) is 4.03. The summed E-state index contributed by atoms with van der Waals surface area (Å²) in [6, 6.07) is 8.30. The lowest BCUT2D eigenvalue weighted by atomic mass is 10.2. The standard InChI is InChI=1S/C27H23ClF3N7O5/c1-14(43-24(40)27(29,30)31)23(39)35-18-9-17(20(41-2)10-21(18)42-13-26(32)6-7-26)36-25-33-12-16(28)22(37-25)15-11-34-38-8-4-3-5-19(15)38/h3-5,8-12H,1,6-7,13,32H2,2H3,(H,35,39)(H,33,36,37). The summed E-state index contributed by atoms with van der Waals surface area (Å²) in [7, 11) is 1.39. The Labute approximate surface area is 246 Å². The number of methoxy groups -OCH3 is 1. The van der Waals surface area contributed by atoms with Crippen LogP contribution in [0, 0.1) is 0 Å². The lowest BCUT2D eigenvalue weighted by Gasteiger charge is -2.19. The van der Waals surface area contributed by atoms with Crippen molar-refractivity contribution in [1.82, 2.24) is 19.6 Å². The minimum atomic E-state index is -5.32. The van der Waals surface area contributed by atoms with E-state index in [1.807, 2.05) is 18.2 Å². The van der Waals surface area contributed by atoms with Gasteiger partial charge in [-0.1, -0.05) is 24.2 Å². The molecule has 3 aromatic heterocycles. The van der Waals surface area contributed by atoms with Gasteiger partial charge in [0, 0.05) is 17.8 Å². The fraction of sp³-hybridized carbons (Fsp3) is 0.222. The van der Waals surface area contributed by atoms with Crippen molar-refractivity contribution in [1.29, 1.82) is 0 Å². The average Bonchev–Trinajstić information content (AvgIpc) is 3.55. The first-order valence-electron chi connectivity index (χ1n) is 12.5. The van der Waals surface area contributed by atoms with E-state index in [0.29, 0.717) is 11.3 Å². The van der Waals surface area contributed by atoms with Crippen LogP contribution in [0.1, 0.15) is 12.8 Å². The van der Waals surface area contributed by atoms with Crippen LogP contribution in [0.2, 0.25) is 5.02 Å². The SMILES string of the molecule is C=C(OC(=O)C(F)(F)F)C(=O)Nc1cc(Nc2ncc(Cl)c(-c3cnn4ccccc34)n2)c(OC)cc1OCC1(N)CC1. The molecule has 1 aliphatic carbocycles. The van der Waals surface area contributed by atoms with Crippen LogP contribution in [-0.4, -0.2) is 56.9 Å². The van der Waals surface area contributed by atoms with Crippen LogP contribution in [0.4, 0.5) is 30.5 Å². The van der Waals surface area contributed by atoms with Crippen molar-refractivity contribution < 1.29 is 37.0 Å². The second kappa shape index (κ2) is 11.4. The molecule has 1 aromatic carbocycles. The first kappa shape index (κ1) is 29.6. The Kier molecular flexibility index (Phi) is 7.86. The number of rotatable bonds is 10. The van der Waals surface area contributed by atoms with Crippen LogP contribution < -0.4 is 25.8 Å². The third-order valence-electron chi connectivity index (χ3n) is 6.33. The number of nitrogens with zero attached hydrogens (tertiary/aromatic N) is 4. The van der Waals surface area contributed by atoms with Crippen LogP contribution in [-0.2, 0) is 14.3 Å². The molecule has 4 aromatic rings. The molecule has 5 rings (SSSR count). The third-order valence-corrected chi connectivity index (χ3v) is 6.61. The van der Waals surface area contributed by atoms with Crippen molar-refractivity contribution >= 4 is 46.3 Å². The number of carbonyl (C=O) groups is 2. The molecule has 0 saturated heterocycles. The van der Waals surface area contributed by atoms with Gasteiger partial charge in [0.05, 0.1) is 52.7 Å². The number of hydrogen-bond acceptors (Lipinski definition) is 10. The van der Waals surface area contributed by atoms with Gasteiger partial charge >= 0.3 is 12.1 Å². The summed E-state index contributed by atoms with van der Waals surface area (Å²) < 4.78 is 54.9. The summed E-state index contributed by atoms with van der Waals surface area (Å²) in [5.74, 6) is -4.52. The van der Waals surface area contributed by atoms with E-state index >= 15 is 0 Å². The predicted molar refractivity (Wildman–Crippen MR) is 149 cm³/mol. The number of carbonyl (C=O) groups excluding carboxylic acids is 2. The fourth-order valence-electron chi connectivity index (χ4n) is 3.83. The van der Waals surface area contributed by atoms with Crippen molar-refractivity contribution in [3.05, 3.63) is 66.3 Å². The minimum absolute atomic E-state index is 0.0291. The summed E-state index contributed by atoms with van der Waals surface area (Å²) in [5, 5.41) is 9.90. The van der Waals surface area contributed by atoms with E-state index in [-0.39, 0.29) is 40.5 Å². The molecule has 1 fully saturated rings. The maximum atomic E-state index is 12.7. The van der Waals surface area contributed by atoms with Crippen molar-refractivity contribution in [3.63, 3.8) is 0 Å². The maximum Gasteiger partial charge on any atom is 0.491 e. The van der Waals surface area contributed by atoms with Crippen molar-refractivity contribution in [3.8, 4) is 22.8 Å². The Morgan fingerprint density at radius 1 is 1.19 bits per heavy atom. The van der Waals surface area contributed by atoms with E-state index in [2.05, 4.69) is 37.0 Å². The Hall–Kier alpha value is -4.89. The zero-order valence-corrected chi connectivity index (χ0v) is 23.1. The zero-order chi connectivity index (χ0) is 30.9. The van der Waals surface area contributed by atoms with Gasteiger partial charge < -0.3 is 30.6 Å². The number of aromatic nitrogens is 4. The van der Waals surface area contributed by atoms with Gasteiger partial charge in [0.2, 0.25) is 5.95 Å². The molecule has 0 bridgehead atoms. The van der Waals surface area contributed by atoms with E-state index in [0.717, 1.165) is 18.4 Å². The van der Waals surface area contributed by atoms with Crippen molar-refractivity contribution in [2.75, 3.05) is 24.4 Å². The Bertz CT molecular complexity index is 1740. The number of ether oxygens (including phenoxy) is 3. The molecule has 0 aliphatic heterocycles. The quantitative estimate of drug-likeness (QED) is 0.130. The largest absolute Gasteiger partial charge is 0.494 e. The van der Waals surface area contributed by atoms with Crippen molar-refractivity contribution in [2.24, 2.45) is 5.73 Å². The monoisotopic (exact) mass is 617 g/mol. The van der Waals surface area contributed by atoms with Gasteiger partial charge in [-0.25, -0.2) is 19.3 Å². The number of halogens is 4. The first-order chi connectivity index (χ1) is 20.4. The van der Waals surface area contributed by atoms with Gasteiger partial charge in [-0.2, -0.15) is 18.3 Å². The van der Waals surface area contributed by atoms with Gasteiger partial charge in [0.15, 0.2) is 5.76 Å². The number of nitrogens with two attached hydrogens (primary N) is 1. The smallest absolute Gasteiger partial charge is 0.491 e. The number of nitrogens with one attached hydrogen (secondary N) is 2. The lowest BCUT2D eigenvalue weighted by Crippen LogP contribution is -2.30. The summed E-state index contributed by atoms with van der Waals surface area (Å²) >= 11 is 6.42. The highest BCUT2D eigenvalue weighted by Gasteiger charge is 2.42. The molecule has 224 valence electrons. The number of pyridine rings is 1. The molecule has 3 heterocycles. The lowest BCUT2D eigenvalue weighted by molar-refractivity contribution is -0.195. The maximum absolute atomic E-state index is 12.7. The highest BCUT2D eigenvalue weighted by molar-refractivity contribution is 6.33. The van der Waals surface area contributed by atoms with E-state index in [1.54, 1.807) is 16.9 Å². The highest BCUT2D eigenvalue weighted by atomic mass is 35.5. The number of esters is 1. The van der Waals surface area contributed by atoms with E-state index in [1.165, 1.54) is 25.4 Å². The Balaban J connectivity index is 1.46. The Morgan fingerprint density at radius 3 is 2.65 bits per heavy atom. The van der Waals surface area contributed by atoms with Gasteiger partial charge in [0.1, 0.15) is 18.1 Å². The topological polar surface area (TPSA) is 155 Å². The van der Waals surface area contributed by atoms with E-state index in [9.17, 15) is 22.8 Å². The molecule has 43 heavy (non-hydrogen) atoms. The molecule has 0 atom stereocenters. The van der Waals surface area contributed by atoms with Gasteiger partial charge in [-0.15, -0.1) is 0 Å². The van der Waals surface area contributed by atoms with Gasteiger partial charge in [0.25, 0.3) is 5.91 Å². The Morgan fingerprint density at radius 2 is 1.95 bits per heavy atom. The van der Waals surface area contributed by atoms with E-state index < -0.39 is 29.4 Å². The molecule has 1 amide bonds. The molecule has 12 nitrogen and oxygen atoms in total. The van der Waals surface area contributed by atoms with Gasteiger partial charge in [-0.05, 0) is 31.0 Å². The number of anilines is 3. The van der Waals surface area contributed by atoms with E-state index in [4.69, 9.17) is 26.8 Å². The first-order valence-corrected chi connectivity index (χ1v) is 12.9. The third kappa shape index (κ3) is 6.62. The number of amides is 1. The van der Waals surface area contributed by atoms with Crippen LogP contribution in [0.5, 0.6) is 11.5 Å². The van der Waals surface area contributed by atoms with Crippen LogP contribution in [0.15, 0.2) is 61.3 Å². The minimum Gasteiger partial charge on any atom is -0.494 e. The molecule has 1 saturated carbocycles.